The van der Waals surface area contributed by atoms with E-state index in [4.69, 9.17) is 0 Å². The van der Waals surface area contributed by atoms with Crippen LogP contribution in [0.15, 0.2) is 76.3 Å². The van der Waals surface area contributed by atoms with Crippen LogP contribution in [0.25, 0.3) is 0 Å². The molecule has 4 aromatic rings. The predicted molar refractivity (Wildman–Crippen MR) is 126 cm³/mol. The van der Waals surface area contributed by atoms with Crippen LogP contribution in [0, 0.1) is 13.8 Å². The maximum atomic E-state index is 12.3. The fraction of sp³-hybridized carbons (Fsp3) is 0.0909. The molecule has 2 aromatic carbocycles. The van der Waals surface area contributed by atoms with Crippen LogP contribution in [-0.4, -0.2) is 18.4 Å². The lowest BCUT2D eigenvalue weighted by Crippen LogP contribution is -2.11. The van der Waals surface area contributed by atoms with Gasteiger partial charge in [-0.2, -0.15) is 4.98 Å². The number of aryl methyl sites for hydroxylation is 2. The molecule has 3 N–H and O–H groups in total. The second-order valence-corrected chi connectivity index (χ2v) is 9.81. The summed E-state index contributed by atoms with van der Waals surface area (Å²) in [6, 6.07) is 20.1. The summed E-state index contributed by atoms with van der Waals surface area (Å²) >= 11 is 1.17. The summed E-state index contributed by atoms with van der Waals surface area (Å²) in [6.45, 7) is 3.93. The van der Waals surface area contributed by atoms with E-state index in [2.05, 4.69) is 25.3 Å². The molecule has 0 fully saturated rings. The Labute approximate surface area is 185 Å². The molecule has 158 valence electrons. The zero-order chi connectivity index (χ0) is 21.8. The zero-order valence-corrected chi connectivity index (χ0v) is 18.6. The smallest absolute Gasteiger partial charge is 0.271 e. The van der Waals surface area contributed by atoms with Crippen molar-refractivity contribution >= 4 is 50.2 Å². The number of aromatic nitrogens is 2. The Morgan fingerprint density at radius 1 is 0.806 bits per heavy atom. The van der Waals surface area contributed by atoms with E-state index in [0.29, 0.717) is 17.5 Å². The molecule has 0 saturated carbocycles. The van der Waals surface area contributed by atoms with E-state index in [-0.39, 0.29) is 4.21 Å². The number of anilines is 5. The standard InChI is InChI=1S/C22H21N5O2S2/c1-15-5-7-18(8-6-15)25-22-23-16(2)14-20(26-22)24-17-9-11-19(12-10-17)27-31(28,29)21-4-3-13-30-21/h3-14,27H,1-2H3,(H2,23,24,25,26). The Balaban J connectivity index is 1.46. The molecule has 0 aliphatic heterocycles. The summed E-state index contributed by atoms with van der Waals surface area (Å²) in [7, 11) is -3.57. The second-order valence-electron chi connectivity index (χ2n) is 6.95. The minimum Gasteiger partial charge on any atom is -0.340 e. The van der Waals surface area contributed by atoms with Crippen molar-refractivity contribution in [2.45, 2.75) is 18.1 Å². The number of benzene rings is 2. The van der Waals surface area contributed by atoms with Gasteiger partial charge >= 0.3 is 0 Å². The third-order valence-corrected chi connectivity index (χ3v) is 7.11. The maximum absolute atomic E-state index is 12.3. The Bertz CT molecular complexity index is 1270. The molecule has 4 rings (SSSR count). The molecule has 7 nitrogen and oxygen atoms in total. The SMILES string of the molecule is Cc1ccc(Nc2nc(C)cc(Nc3ccc(NS(=O)(=O)c4cccs4)cc3)n2)cc1. The fourth-order valence-electron chi connectivity index (χ4n) is 2.85. The maximum Gasteiger partial charge on any atom is 0.271 e. The molecule has 0 unspecified atom stereocenters. The third-order valence-electron chi connectivity index (χ3n) is 4.33. The van der Waals surface area contributed by atoms with Crippen molar-refractivity contribution in [1.29, 1.82) is 0 Å². The molecule has 2 aromatic heterocycles. The van der Waals surface area contributed by atoms with Gasteiger partial charge in [-0.3, -0.25) is 4.72 Å². The Morgan fingerprint density at radius 3 is 2.13 bits per heavy atom. The highest BCUT2D eigenvalue weighted by Crippen LogP contribution is 2.23. The first-order chi connectivity index (χ1) is 14.9. The number of nitrogens with one attached hydrogen (secondary N) is 3. The first-order valence-electron chi connectivity index (χ1n) is 9.50. The van der Waals surface area contributed by atoms with Crippen molar-refractivity contribution < 1.29 is 8.42 Å². The van der Waals surface area contributed by atoms with E-state index in [1.165, 1.54) is 16.9 Å². The summed E-state index contributed by atoms with van der Waals surface area (Å²) < 4.78 is 27.5. The highest BCUT2D eigenvalue weighted by molar-refractivity contribution is 7.94. The Hall–Kier alpha value is -3.43. The molecule has 0 saturated heterocycles. The summed E-state index contributed by atoms with van der Waals surface area (Å²) in [4.78, 5) is 8.95. The fourth-order valence-corrected chi connectivity index (χ4v) is 4.90. The molecule has 0 aliphatic carbocycles. The number of nitrogens with zero attached hydrogens (tertiary/aromatic N) is 2. The van der Waals surface area contributed by atoms with Crippen molar-refractivity contribution in [3.63, 3.8) is 0 Å². The molecular formula is C22H21N5O2S2. The molecule has 0 amide bonds. The molecule has 0 bridgehead atoms. The van der Waals surface area contributed by atoms with Crippen molar-refractivity contribution in [2.75, 3.05) is 15.4 Å². The average Bonchev–Trinajstić information content (AvgIpc) is 3.27. The molecular weight excluding hydrogens is 430 g/mol. The number of thiophene rings is 1. The van der Waals surface area contributed by atoms with Gasteiger partial charge in [0, 0.05) is 28.8 Å². The second kappa shape index (κ2) is 8.75. The lowest BCUT2D eigenvalue weighted by molar-refractivity contribution is 0.603. The molecule has 0 spiro atoms. The van der Waals surface area contributed by atoms with Gasteiger partial charge in [0.1, 0.15) is 10.0 Å². The van der Waals surface area contributed by atoms with E-state index in [9.17, 15) is 8.42 Å². The largest absolute Gasteiger partial charge is 0.340 e. The molecule has 0 atom stereocenters. The molecule has 31 heavy (non-hydrogen) atoms. The highest BCUT2D eigenvalue weighted by atomic mass is 32.2. The molecule has 9 heteroatoms. The van der Waals surface area contributed by atoms with Gasteiger partial charge in [-0.15, -0.1) is 11.3 Å². The Morgan fingerprint density at radius 2 is 1.45 bits per heavy atom. The zero-order valence-electron chi connectivity index (χ0n) is 17.0. The van der Waals surface area contributed by atoms with Crippen LogP contribution in [0.2, 0.25) is 0 Å². The summed E-state index contributed by atoms with van der Waals surface area (Å²) in [5.74, 6) is 1.13. The van der Waals surface area contributed by atoms with Crippen LogP contribution in [0.5, 0.6) is 0 Å². The first kappa shape index (κ1) is 20.8. The normalized spacial score (nSPS) is 11.2. The quantitative estimate of drug-likeness (QED) is 0.346. The average molecular weight is 452 g/mol. The number of hydrogen-bond acceptors (Lipinski definition) is 7. The van der Waals surface area contributed by atoms with E-state index in [0.717, 1.165) is 17.1 Å². The van der Waals surface area contributed by atoms with E-state index in [1.54, 1.807) is 41.8 Å². The van der Waals surface area contributed by atoms with Crippen LogP contribution in [0.1, 0.15) is 11.3 Å². The first-order valence-corrected chi connectivity index (χ1v) is 11.9. The topological polar surface area (TPSA) is 96.0 Å². The number of sulfonamides is 1. The number of hydrogen-bond donors (Lipinski definition) is 3. The molecule has 0 radical (unpaired) electrons. The van der Waals surface area contributed by atoms with Gasteiger partial charge in [0.2, 0.25) is 5.95 Å². The van der Waals surface area contributed by atoms with Crippen LogP contribution >= 0.6 is 11.3 Å². The van der Waals surface area contributed by atoms with Gasteiger partial charge in [0.15, 0.2) is 0 Å². The van der Waals surface area contributed by atoms with Gasteiger partial charge < -0.3 is 10.6 Å². The molecule has 0 aliphatic rings. The van der Waals surface area contributed by atoms with Gasteiger partial charge in [0.25, 0.3) is 10.0 Å². The van der Waals surface area contributed by atoms with Crippen molar-refractivity contribution in [2.24, 2.45) is 0 Å². The van der Waals surface area contributed by atoms with Crippen LogP contribution < -0.4 is 15.4 Å². The van der Waals surface area contributed by atoms with Gasteiger partial charge in [0.05, 0.1) is 0 Å². The van der Waals surface area contributed by atoms with Crippen molar-refractivity contribution in [3.8, 4) is 0 Å². The Kier molecular flexibility index (Phi) is 5.88. The summed E-state index contributed by atoms with van der Waals surface area (Å²) in [5.41, 5.74) is 4.16. The van der Waals surface area contributed by atoms with Gasteiger partial charge in [-0.05, 0) is 61.7 Å². The predicted octanol–water partition coefficient (Wildman–Crippen LogP) is 5.44. The lowest BCUT2D eigenvalue weighted by atomic mass is 10.2. The minimum atomic E-state index is -3.57. The highest BCUT2D eigenvalue weighted by Gasteiger charge is 2.15. The van der Waals surface area contributed by atoms with E-state index < -0.39 is 10.0 Å². The summed E-state index contributed by atoms with van der Waals surface area (Å²) in [6.07, 6.45) is 0. The van der Waals surface area contributed by atoms with Crippen LogP contribution in [0.3, 0.4) is 0 Å². The van der Waals surface area contributed by atoms with Crippen LogP contribution in [-0.2, 0) is 10.0 Å². The number of rotatable bonds is 7. The van der Waals surface area contributed by atoms with E-state index >= 15 is 0 Å². The van der Waals surface area contributed by atoms with Crippen molar-refractivity contribution in [1.82, 2.24) is 9.97 Å². The van der Waals surface area contributed by atoms with Gasteiger partial charge in [-0.25, -0.2) is 13.4 Å². The summed E-state index contributed by atoms with van der Waals surface area (Å²) in [5, 5.41) is 8.17. The monoisotopic (exact) mass is 451 g/mol. The van der Waals surface area contributed by atoms with Crippen LogP contribution in [0.4, 0.5) is 28.8 Å². The third kappa shape index (κ3) is 5.39. The van der Waals surface area contributed by atoms with E-state index in [1.807, 2.05) is 44.2 Å². The van der Waals surface area contributed by atoms with Gasteiger partial charge in [-0.1, -0.05) is 23.8 Å². The minimum absolute atomic E-state index is 0.278. The molecule has 2 heterocycles. The lowest BCUT2D eigenvalue weighted by Gasteiger charge is -2.11. The van der Waals surface area contributed by atoms with Crippen molar-refractivity contribution in [3.05, 3.63) is 83.4 Å².